The van der Waals surface area contributed by atoms with Crippen LogP contribution < -0.4 is 32.1 Å². The summed E-state index contributed by atoms with van der Waals surface area (Å²) in [7, 11) is 0. The first-order valence-electron chi connectivity index (χ1n) is 16.0. The van der Waals surface area contributed by atoms with Crippen LogP contribution in [-0.4, -0.2) is 94.4 Å². The Morgan fingerprint density at radius 3 is 1.84 bits per heavy atom. The van der Waals surface area contributed by atoms with E-state index in [0.717, 1.165) is 41.4 Å². The molecular formula is C31H43F3IN5O11. The Kier molecular flexibility index (Phi) is 19.8. The summed E-state index contributed by atoms with van der Waals surface area (Å²) in [6.45, 7) is 1.06. The van der Waals surface area contributed by atoms with E-state index < -0.39 is 60.6 Å². The molecule has 2 rings (SSSR count). The third kappa shape index (κ3) is 18.6. The maximum Gasteiger partial charge on any atom is 0.430 e. The molecule has 0 aliphatic heterocycles. The number of rotatable bonds is 18. The highest BCUT2D eigenvalue weighted by Gasteiger charge is 2.30. The fourth-order valence-electron chi connectivity index (χ4n) is 5.02. The van der Waals surface area contributed by atoms with E-state index >= 15 is 0 Å². The summed E-state index contributed by atoms with van der Waals surface area (Å²) in [5, 5.41) is 46.2. The Morgan fingerprint density at radius 1 is 0.843 bits per heavy atom. The third-order valence-corrected chi connectivity index (χ3v) is 8.64. The molecule has 1 saturated carbocycles. The molecule has 10 N–H and O–H groups in total. The molecule has 0 saturated heterocycles. The number of amides is 4. The van der Waals surface area contributed by atoms with E-state index in [1.54, 1.807) is 0 Å². The predicted octanol–water partition coefficient (Wildman–Crippen LogP) is 0.0223. The van der Waals surface area contributed by atoms with Crippen LogP contribution in [0.25, 0.3) is 0 Å². The van der Waals surface area contributed by atoms with E-state index in [4.69, 9.17) is 15.0 Å². The highest BCUT2D eigenvalue weighted by Crippen LogP contribution is 2.28. The fourth-order valence-corrected chi connectivity index (χ4v) is 5.38. The molecule has 1 aromatic rings. The van der Waals surface area contributed by atoms with Gasteiger partial charge in [0.2, 0.25) is 11.8 Å². The molecular weight excluding hydrogens is 802 g/mol. The van der Waals surface area contributed by atoms with Crippen LogP contribution in [0.2, 0.25) is 0 Å². The Bertz CT molecular complexity index is 1340. The van der Waals surface area contributed by atoms with Gasteiger partial charge in [-0.3, -0.25) is 14.4 Å². The lowest BCUT2D eigenvalue weighted by atomic mass is 9.81. The van der Waals surface area contributed by atoms with Gasteiger partial charge in [-0.25, -0.2) is 14.4 Å². The van der Waals surface area contributed by atoms with Crippen molar-refractivity contribution in [3.8, 4) is 0 Å². The summed E-state index contributed by atoms with van der Waals surface area (Å²) in [4.78, 5) is 80.8. The smallest absolute Gasteiger partial charge is 0.430 e. The Morgan fingerprint density at radius 2 is 1.37 bits per heavy atom. The van der Waals surface area contributed by atoms with Crippen molar-refractivity contribution in [3.63, 3.8) is 0 Å². The van der Waals surface area contributed by atoms with Crippen molar-refractivity contribution in [1.29, 1.82) is 0 Å². The zero-order chi connectivity index (χ0) is 38.7. The van der Waals surface area contributed by atoms with Crippen LogP contribution in [0.15, 0.2) is 24.3 Å². The van der Waals surface area contributed by atoms with Gasteiger partial charge in [0.05, 0.1) is 6.54 Å². The average Bonchev–Trinajstić information content (AvgIpc) is 3.06. The number of carbonyl (C=O) groups is 7. The molecule has 1 aliphatic rings. The molecule has 0 unspecified atom stereocenters. The van der Waals surface area contributed by atoms with Crippen molar-refractivity contribution in [2.45, 2.75) is 88.5 Å². The molecule has 0 spiro atoms. The minimum atomic E-state index is -5.19. The van der Waals surface area contributed by atoms with Gasteiger partial charge >= 0.3 is 30.1 Å². The molecule has 51 heavy (non-hydrogen) atoms. The number of carboxylic acids is 4. The zero-order valence-electron chi connectivity index (χ0n) is 27.5. The van der Waals surface area contributed by atoms with Crippen LogP contribution in [0, 0.1) is 15.4 Å². The lowest BCUT2D eigenvalue weighted by molar-refractivity contribution is -0.380. The second-order valence-corrected chi connectivity index (χ2v) is 13.0. The summed E-state index contributed by atoms with van der Waals surface area (Å²) in [5.41, 5.74) is 4.86. The number of nitrogens with one attached hydrogen (secondary N) is 4. The van der Waals surface area contributed by atoms with Crippen molar-refractivity contribution in [2.75, 3.05) is 13.1 Å². The Hall–Kier alpha value is -4.21. The molecule has 20 heteroatoms. The molecule has 0 heterocycles. The Balaban J connectivity index is 0.00000167. The van der Waals surface area contributed by atoms with Crippen molar-refractivity contribution in [2.24, 2.45) is 11.8 Å². The number of quaternary nitrogens is 1. The Labute approximate surface area is 304 Å². The summed E-state index contributed by atoms with van der Waals surface area (Å²) in [5.74, 6) is -7.12. The minimum Gasteiger partial charge on any atom is -0.542 e. The first-order valence-corrected chi connectivity index (χ1v) is 17.1. The van der Waals surface area contributed by atoms with Gasteiger partial charge in [-0.2, -0.15) is 13.2 Å². The number of unbranched alkanes of at least 4 members (excludes halogenated alkanes) is 1. The van der Waals surface area contributed by atoms with Crippen LogP contribution in [-0.2, 0) is 35.2 Å². The molecule has 16 nitrogen and oxygen atoms in total. The van der Waals surface area contributed by atoms with Crippen LogP contribution >= 0.6 is 22.6 Å². The SMILES string of the molecule is O=C([O-])C(F)(F)F.[NH3+]CC1CCC(C(=O)N[C@@H](Cc2ccc(I)cc2)C(=O)NCCCC[C@H](NC(=O)N[C@@H](CCC(=O)O)C(=O)O)C(=O)O)CC1. The van der Waals surface area contributed by atoms with Crippen molar-refractivity contribution in [3.05, 3.63) is 33.4 Å². The maximum absolute atomic E-state index is 13.2. The molecule has 0 radical (unpaired) electrons. The molecule has 1 aromatic carbocycles. The number of aliphatic carboxylic acids is 4. The zero-order valence-corrected chi connectivity index (χ0v) is 29.7. The number of alkyl halides is 3. The molecule has 286 valence electrons. The first-order chi connectivity index (χ1) is 23.8. The summed E-state index contributed by atoms with van der Waals surface area (Å²) in [6.07, 6.45) is -1.63. The predicted molar refractivity (Wildman–Crippen MR) is 177 cm³/mol. The van der Waals surface area contributed by atoms with E-state index in [1.165, 1.54) is 0 Å². The quantitative estimate of drug-likeness (QED) is 0.0721. The van der Waals surface area contributed by atoms with Gasteiger partial charge in [-0.05, 0) is 91.7 Å². The van der Waals surface area contributed by atoms with Crippen LogP contribution in [0.4, 0.5) is 18.0 Å². The lowest BCUT2D eigenvalue weighted by Gasteiger charge is -2.27. The van der Waals surface area contributed by atoms with E-state index in [-0.39, 0.29) is 37.1 Å². The number of carboxylic acid groups (broad SMARTS) is 4. The highest BCUT2D eigenvalue weighted by atomic mass is 127. The molecule has 1 aliphatic carbocycles. The van der Waals surface area contributed by atoms with E-state index in [1.807, 2.05) is 24.3 Å². The summed E-state index contributed by atoms with van der Waals surface area (Å²) in [6, 6.07) is 3.03. The molecule has 4 amide bonds. The van der Waals surface area contributed by atoms with Crippen molar-refractivity contribution < 1.29 is 72.9 Å². The number of halogens is 4. The van der Waals surface area contributed by atoms with Crippen LogP contribution in [0.1, 0.15) is 63.4 Å². The lowest BCUT2D eigenvalue weighted by Crippen LogP contribution is -2.54. The second kappa shape index (κ2) is 22.6. The molecule has 3 atom stereocenters. The van der Waals surface area contributed by atoms with Gasteiger partial charge in [-0.1, -0.05) is 12.1 Å². The normalized spacial score (nSPS) is 17.3. The van der Waals surface area contributed by atoms with Gasteiger partial charge in [0.1, 0.15) is 24.1 Å². The third-order valence-electron chi connectivity index (χ3n) is 7.92. The van der Waals surface area contributed by atoms with E-state index in [0.29, 0.717) is 25.2 Å². The van der Waals surface area contributed by atoms with E-state index in [2.05, 4.69) is 49.6 Å². The number of carbonyl (C=O) groups excluding carboxylic acids is 4. The van der Waals surface area contributed by atoms with E-state index in [9.17, 15) is 52.2 Å². The van der Waals surface area contributed by atoms with Crippen molar-refractivity contribution >= 4 is 64.3 Å². The number of benzene rings is 1. The van der Waals surface area contributed by atoms with Crippen molar-refractivity contribution in [1.82, 2.24) is 21.3 Å². The average molecular weight is 846 g/mol. The monoisotopic (exact) mass is 845 g/mol. The summed E-state index contributed by atoms with van der Waals surface area (Å²) >= 11 is 2.19. The standard InChI is InChI=1S/C29H42IN5O9.C2HF3O2/c30-20-10-6-17(7-11-20)15-23(33-25(38)19-8-4-18(16-31)5-9-19)26(39)32-14-2-1-3-21(27(40)41)34-29(44)35-22(28(42)43)12-13-24(36)37;3-2(4,5)1(6)7/h6-7,10-11,18-19,21-23H,1-5,8-9,12-16,31H2,(H,32,39)(H,33,38)(H,36,37)(H,40,41)(H,42,43)(H2,34,35,44);(H,6,7)/t18?,19?,21-,22-,23-;/m0./s1. The van der Waals surface area contributed by atoms with Crippen LogP contribution in [0.5, 0.6) is 0 Å². The topological polar surface area (TPSA) is 279 Å². The number of hydrogen-bond donors (Lipinski definition) is 8. The van der Waals surface area contributed by atoms with Crippen LogP contribution in [0.3, 0.4) is 0 Å². The highest BCUT2D eigenvalue weighted by molar-refractivity contribution is 14.1. The fraction of sp³-hybridized carbons (Fsp3) is 0.581. The molecule has 0 aromatic heterocycles. The van der Waals surface area contributed by atoms with Gasteiger partial charge in [0.25, 0.3) is 0 Å². The number of hydrogen-bond acceptors (Lipinski definition) is 8. The minimum absolute atomic E-state index is 0.00422. The largest absolute Gasteiger partial charge is 0.542 e. The molecule has 1 fully saturated rings. The summed E-state index contributed by atoms with van der Waals surface area (Å²) < 4.78 is 32.6. The first kappa shape index (κ1) is 44.8. The molecule has 0 bridgehead atoms. The van der Waals surface area contributed by atoms with Gasteiger partial charge in [0.15, 0.2) is 0 Å². The second-order valence-electron chi connectivity index (χ2n) is 11.8. The maximum atomic E-state index is 13.2. The van der Waals surface area contributed by atoms with Gasteiger partial charge in [0, 0.05) is 34.8 Å². The number of urea groups is 1. The van der Waals surface area contributed by atoms with Gasteiger partial charge < -0.3 is 52.2 Å². The van der Waals surface area contributed by atoms with Gasteiger partial charge in [-0.15, -0.1) is 0 Å².